The summed E-state index contributed by atoms with van der Waals surface area (Å²) in [5.41, 5.74) is 3.66. The van der Waals surface area contributed by atoms with Crippen molar-refractivity contribution in [2.45, 2.75) is 13.5 Å². The highest BCUT2D eigenvalue weighted by Crippen LogP contribution is 2.29. The molecule has 1 aromatic heterocycles. The number of nitrogens with one attached hydrogen (secondary N) is 1. The molecular weight excluding hydrogens is 378 g/mol. The Bertz CT molecular complexity index is 1140. The molecule has 0 fully saturated rings. The number of hydrogen-bond acceptors (Lipinski definition) is 5. The van der Waals surface area contributed by atoms with E-state index in [4.69, 9.17) is 9.26 Å². The van der Waals surface area contributed by atoms with Crippen molar-refractivity contribution in [3.63, 3.8) is 0 Å². The monoisotopic (exact) mass is 399 g/mol. The Kier molecular flexibility index (Phi) is 5.85. The van der Waals surface area contributed by atoms with Crippen LogP contribution in [-0.2, 0) is 11.3 Å². The Morgan fingerprint density at radius 2 is 1.80 bits per heavy atom. The first-order valence-corrected chi connectivity index (χ1v) is 9.62. The SMILES string of the molecule is Cc1cccc(-c2nc(-c3ccccc3OCC(=O)NCc3ccccc3)no2)c1. The van der Waals surface area contributed by atoms with Gasteiger partial charge >= 0.3 is 0 Å². The molecule has 0 aliphatic heterocycles. The summed E-state index contributed by atoms with van der Waals surface area (Å²) in [6, 6.07) is 24.9. The van der Waals surface area contributed by atoms with Gasteiger partial charge in [-0.05, 0) is 36.8 Å². The minimum atomic E-state index is -0.206. The molecule has 0 spiro atoms. The molecule has 4 aromatic rings. The third kappa shape index (κ3) is 4.72. The molecule has 1 heterocycles. The van der Waals surface area contributed by atoms with Gasteiger partial charge in [0.1, 0.15) is 5.75 Å². The molecule has 0 aliphatic carbocycles. The Hall–Kier alpha value is -3.93. The van der Waals surface area contributed by atoms with E-state index in [2.05, 4.69) is 15.5 Å². The summed E-state index contributed by atoms with van der Waals surface area (Å²) in [6.07, 6.45) is 0. The second kappa shape index (κ2) is 9.05. The minimum Gasteiger partial charge on any atom is -0.483 e. The number of hydrogen-bond donors (Lipinski definition) is 1. The molecular formula is C24H21N3O3. The molecule has 6 nitrogen and oxygen atoms in total. The summed E-state index contributed by atoms with van der Waals surface area (Å²) in [7, 11) is 0. The van der Waals surface area contributed by atoms with Crippen molar-refractivity contribution in [2.75, 3.05) is 6.61 Å². The first-order chi connectivity index (χ1) is 14.7. The number of ether oxygens (including phenoxy) is 1. The maximum absolute atomic E-state index is 12.2. The molecule has 0 atom stereocenters. The van der Waals surface area contributed by atoms with Crippen LogP contribution >= 0.6 is 0 Å². The molecule has 0 saturated heterocycles. The third-order valence-corrected chi connectivity index (χ3v) is 4.51. The number of nitrogens with zero attached hydrogens (tertiary/aromatic N) is 2. The predicted octanol–water partition coefficient (Wildman–Crippen LogP) is 4.41. The van der Waals surface area contributed by atoms with Crippen LogP contribution in [0.5, 0.6) is 5.75 Å². The first kappa shape index (κ1) is 19.4. The van der Waals surface area contributed by atoms with E-state index in [1.165, 1.54) is 0 Å². The molecule has 1 amide bonds. The highest BCUT2D eigenvalue weighted by atomic mass is 16.5. The summed E-state index contributed by atoms with van der Waals surface area (Å²) in [5, 5.41) is 6.94. The van der Waals surface area contributed by atoms with Gasteiger partial charge in [0.2, 0.25) is 5.82 Å². The van der Waals surface area contributed by atoms with Gasteiger partial charge in [0.05, 0.1) is 5.56 Å². The Morgan fingerprint density at radius 1 is 1.00 bits per heavy atom. The minimum absolute atomic E-state index is 0.105. The van der Waals surface area contributed by atoms with Crippen molar-refractivity contribution in [3.8, 4) is 28.6 Å². The van der Waals surface area contributed by atoms with E-state index in [1.807, 2.05) is 79.7 Å². The number of rotatable bonds is 7. The highest BCUT2D eigenvalue weighted by molar-refractivity contribution is 5.78. The molecule has 1 N–H and O–H groups in total. The average molecular weight is 399 g/mol. The molecule has 0 aliphatic rings. The number of carbonyl (C=O) groups is 1. The Labute approximate surface area is 174 Å². The third-order valence-electron chi connectivity index (χ3n) is 4.51. The predicted molar refractivity (Wildman–Crippen MR) is 114 cm³/mol. The number of carbonyl (C=O) groups excluding carboxylic acids is 1. The Balaban J connectivity index is 1.43. The quantitative estimate of drug-likeness (QED) is 0.498. The van der Waals surface area contributed by atoms with Crippen LogP contribution in [0.1, 0.15) is 11.1 Å². The maximum atomic E-state index is 12.2. The molecule has 0 bridgehead atoms. The fraction of sp³-hybridized carbons (Fsp3) is 0.125. The van der Waals surface area contributed by atoms with Crippen molar-refractivity contribution in [1.29, 1.82) is 0 Å². The molecule has 150 valence electrons. The van der Waals surface area contributed by atoms with Gasteiger partial charge in [-0.15, -0.1) is 0 Å². The smallest absolute Gasteiger partial charge is 0.258 e. The molecule has 0 radical (unpaired) electrons. The van der Waals surface area contributed by atoms with Crippen molar-refractivity contribution in [3.05, 3.63) is 90.0 Å². The van der Waals surface area contributed by atoms with E-state index in [0.29, 0.717) is 29.6 Å². The zero-order valence-corrected chi connectivity index (χ0v) is 16.5. The molecule has 0 saturated carbocycles. The number of benzene rings is 3. The van der Waals surface area contributed by atoms with Gasteiger partial charge in [0.15, 0.2) is 6.61 Å². The van der Waals surface area contributed by atoms with Crippen LogP contribution in [0.25, 0.3) is 22.8 Å². The van der Waals surface area contributed by atoms with E-state index < -0.39 is 0 Å². The zero-order valence-electron chi connectivity index (χ0n) is 16.5. The Morgan fingerprint density at radius 3 is 2.63 bits per heavy atom. The summed E-state index contributed by atoms with van der Waals surface area (Å²) < 4.78 is 11.2. The van der Waals surface area contributed by atoms with E-state index in [0.717, 1.165) is 16.7 Å². The van der Waals surface area contributed by atoms with Crippen LogP contribution in [0.3, 0.4) is 0 Å². The van der Waals surface area contributed by atoms with Crippen LogP contribution in [0.2, 0.25) is 0 Å². The second-order valence-corrected chi connectivity index (χ2v) is 6.84. The lowest BCUT2D eigenvalue weighted by atomic mass is 10.1. The van der Waals surface area contributed by atoms with E-state index in [-0.39, 0.29) is 12.5 Å². The fourth-order valence-corrected chi connectivity index (χ4v) is 3.00. The van der Waals surface area contributed by atoms with Crippen LogP contribution in [0, 0.1) is 6.92 Å². The topological polar surface area (TPSA) is 77.2 Å². The number of amides is 1. The fourth-order valence-electron chi connectivity index (χ4n) is 3.00. The lowest BCUT2D eigenvalue weighted by Crippen LogP contribution is -2.28. The van der Waals surface area contributed by atoms with Crippen molar-refractivity contribution >= 4 is 5.91 Å². The van der Waals surface area contributed by atoms with E-state index in [1.54, 1.807) is 6.07 Å². The lowest BCUT2D eigenvalue weighted by molar-refractivity contribution is -0.123. The second-order valence-electron chi connectivity index (χ2n) is 6.84. The highest BCUT2D eigenvalue weighted by Gasteiger charge is 2.15. The molecule has 30 heavy (non-hydrogen) atoms. The molecule has 4 rings (SSSR count). The maximum Gasteiger partial charge on any atom is 0.258 e. The largest absolute Gasteiger partial charge is 0.483 e. The van der Waals surface area contributed by atoms with Gasteiger partial charge < -0.3 is 14.6 Å². The molecule has 3 aromatic carbocycles. The first-order valence-electron chi connectivity index (χ1n) is 9.62. The van der Waals surface area contributed by atoms with Gasteiger partial charge in [0.25, 0.3) is 11.8 Å². The van der Waals surface area contributed by atoms with Gasteiger partial charge in [0, 0.05) is 12.1 Å². The standard InChI is InChI=1S/C24H21N3O3/c1-17-8-7-11-19(14-17)24-26-23(27-30-24)20-12-5-6-13-21(20)29-16-22(28)25-15-18-9-3-2-4-10-18/h2-14H,15-16H2,1H3,(H,25,28). The number of aryl methyl sites for hydroxylation is 1. The average Bonchev–Trinajstić information content (AvgIpc) is 3.27. The number of para-hydroxylation sites is 1. The summed E-state index contributed by atoms with van der Waals surface area (Å²) in [5.74, 6) is 1.15. The van der Waals surface area contributed by atoms with Crippen LogP contribution < -0.4 is 10.1 Å². The zero-order chi connectivity index (χ0) is 20.8. The van der Waals surface area contributed by atoms with Crippen LogP contribution in [0.4, 0.5) is 0 Å². The van der Waals surface area contributed by atoms with E-state index >= 15 is 0 Å². The number of aromatic nitrogens is 2. The van der Waals surface area contributed by atoms with Crippen LogP contribution in [-0.4, -0.2) is 22.7 Å². The van der Waals surface area contributed by atoms with Crippen molar-refractivity contribution in [1.82, 2.24) is 15.5 Å². The van der Waals surface area contributed by atoms with Gasteiger partial charge in [-0.25, -0.2) is 0 Å². The van der Waals surface area contributed by atoms with Crippen LogP contribution in [0.15, 0.2) is 83.4 Å². The van der Waals surface area contributed by atoms with Crippen molar-refractivity contribution in [2.24, 2.45) is 0 Å². The molecule has 0 unspecified atom stereocenters. The normalized spacial score (nSPS) is 10.6. The van der Waals surface area contributed by atoms with Gasteiger partial charge in [-0.2, -0.15) is 4.98 Å². The molecule has 6 heteroatoms. The van der Waals surface area contributed by atoms with Gasteiger partial charge in [-0.1, -0.05) is 65.3 Å². The van der Waals surface area contributed by atoms with Gasteiger partial charge in [-0.3, -0.25) is 4.79 Å². The van der Waals surface area contributed by atoms with Crippen molar-refractivity contribution < 1.29 is 14.1 Å². The summed E-state index contributed by atoms with van der Waals surface area (Å²) in [6.45, 7) is 2.36. The summed E-state index contributed by atoms with van der Waals surface area (Å²) >= 11 is 0. The summed E-state index contributed by atoms with van der Waals surface area (Å²) in [4.78, 5) is 16.7. The van der Waals surface area contributed by atoms with E-state index in [9.17, 15) is 4.79 Å². The lowest BCUT2D eigenvalue weighted by Gasteiger charge is -2.10.